The van der Waals surface area contributed by atoms with E-state index in [1.54, 1.807) is 0 Å². The van der Waals surface area contributed by atoms with Crippen LogP contribution in [0.3, 0.4) is 0 Å². The summed E-state index contributed by atoms with van der Waals surface area (Å²) in [5.74, 6) is 0. The van der Waals surface area contributed by atoms with Gasteiger partial charge in [-0.25, -0.2) is 0 Å². The lowest BCUT2D eigenvalue weighted by molar-refractivity contribution is 0.113. The van der Waals surface area contributed by atoms with E-state index in [4.69, 9.17) is 0 Å². The number of hydrogen-bond acceptors (Lipinski definition) is 3. The van der Waals surface area contributed by atoms with Crippen molar-refractivity contribution in [3.63, 3.8) is 0 Å². The lowest BCUT2D eigenvalue weighted by Crippen LogP contribution is -2.45. The minimum Gasteiger partial charge on any atom is -0.393 e. The zero-order valence-electron chi connectivity index (χ0n) is 10.5. The first-order valence-electron chi connectivity index (χ1n) is 6.90. The molecule has 16 heavy (non-hydrogen) atoms. The van der Waals surface area contributed by atoms with Crippen molar-refractivity contribution in [2.45, 2.75) is 63.6 Å². The Kier molecular flexibility index (Phi) is 4.62. The van der Waals surface area contributed by atoms with E-state index >= 15 is 0 Å². The van der Waals surface area contributed by atoms with Crippen LogP contribution in [0.2, 0.25) is 0 Å². The zero-order chi connectivity index (χ0) is 11.4. The molecule has 0 radical (unpaired) electrons. The van der Waals surface area contributed by atoms with Crippen molar-refractivity contribution in [3.05, 3.63) is 0 Å². The lowest BCUT2D eigenvalue weighted by atomic mass is 9.92. The molecule has 0 bridgehead atoms. The highest BCUT2D eigenvalue weighted by Crippen LogP contribution is 2.19. The molecule has 0 amide bonds. The first-order valence-corrected chi connectivity index (χ1v) is 6.90. The van der Waals surface area contributed by atoms with Crippen LogP contribution in [0, 0.1) is 0 Å². The molecule has 0 aromatic heterocycles. The molecule has 1 heterocycles. The van der Waals surface area contributed by atoms with E-state index in [9.17, 15) is 5.11 Å². The Morgan fingerprint density at radius 2 is 1.81 bits per heavy atom. The van der Waals surface area contributed by atoms with Gasteiger partial charge in [0.25, 0.3) is 0 Å². The van der Waals surface area contributed by atoms with Gasteiger partial charge in [0.15, 0.2) is 0 Å². The highest BCUT2D eigenvalue weighted by molar-refractivity contribution is 4.80. The molecule has 2 rings (SSSR count). The summed E-state index contributed by atoms with van der Waals surface area (Å²) >= 11 is 0. The van der Waals surface area contributed by atoms with Crippen molar-refractivity contribution in [3.8, 4) is 0 Å². The summed E-state index contributed by atoms with van der Waals surface area (Å²) in [6.07, 6.45) is 6.97. The molecule has 3 heteroatoms. The molecule has 2 fully saturated rings. The highest BCUT2D eigenvalue weighted by Gasteiger charge is 2.21. The smallest absolute Gasteiger partial charge is 0.0541 e. The van der Waals surface area contributed by atoms with Gasteiger partial charge in [0.05, 0.1) is 6.10 Å². The van der Waals surface area contributed by atoms with Gasteiger partial charge in [0.1, 0.15) is 0 Å². The molecular formula is C13H26N2O. The van der Waals surface area contributed by atoms with Gasteiger partial charge >= 0.3 is 0 Å². The van der Waals surface area contributed by atoms with Gasteiger partial charge in [-0.1, -0.05) is 0 Å². The summed E-state index contributed by atoms with van der Waals surface area (Å²) in [5.41, 5.74) is 0. The standard InChI is InChI=1S/C13H26N2O/c1-11(10-15-8-2-3-9-15)14-12-4-6-13(16)7-5-12/h11-14,16H,2-10H2,1H3. The van der Waals surface area contributed by atoms with Crippen molar-refractivity contribution < 1.29 is 5.11 Å². The average Bonchev–Trinajstić information content (AvgIpc) is 2.74. The fourth-order valence-corrected chi connectivity index (χ4v) is 3.05. The topological polar surface area (TPSA) is 35.5 Å². The van der Waals surface area contributed by atoms with Crippen LogP contribution in [-0.4, -0.2) is 47.8 Å². The van der Waals surface area contributed by atoms with E-state index in [1.807, 2.05) is 0 Å². The third-order valence-corrected chi connectivity index (χ3v) is 3.95. The molecule has 0 aromatic rings. The third kappa shape index (κ3) is 3.72. The Bertz CT molecular complexity index is 196. The molecule has 1 atom stereocenters. The van der Waals surface area contributed by atoms with Crippen LogP contribution in [0.15, 0.2) is 0 Å². The summed E-state index contributed by atoms with van der Waals surface area (Å²) < 4.78 is 0. The van der Waals surface area contributed by atoms with Crippen molar-refractivity contribution >= 4 is 0 Å². The largest absolute Gasteiger partial charge is 0.393 e. The van der Waals surface area contributed by atoms with E-state index in [2.05, 4.69) is 17.1 Å². The molecule has 1 aliphatic heterocycles. The first kappa shape index (κ1) is 12.3. The molecule has 1 saturated carbocycles. The Hall–Kier alpha value is -0.120. The predicted octanol–water partition coefficient (Wildman–Crippen LogP) is 1.36. The third-order valence-electron chi connectivity index (χ3n) is 3.95. The van der Waals surface area contributed by atoms with Crippen molar-refractivity contribution in [2.75, 3.05) is 19.6 Å². The minimum absolute atomic E-state index is 0.0352. The second kappa shape index (κ2) is 5.99. The van der Waals surface area contributed by atoms with Gasteiger partial charge in [-0.15, -0.1) is 0 Å². The van der Waals surface area contributed by atoms with E-state index in [0.29, 0.717) is 12.1 Å². The Morgan fingerprint density at radius 1 is 1.19 bits per heavy atom. The highest BCUT2D eigenvalue weighted by atomic mass is 16.3. The number of nitrogens with one attached hydrogen (secondary N) is 1. The maximum absolute atomic E-state index is 9.45. The SMILES string of the molecule is CC(CN1CCCC1)NC1CCC(O)CC1. The number of likely N-dealkylation sites (tertiary alicyclic amines) is 1. The molecule has 2 N–H and O–H groups in total. The van der Waals surface area contributed by atoms with Crippen molar-refractivity contribution in [1.82, 2.24) is 10.2 Å². The molecular weight excluding hydrogens is 200 g/mol. The Balaban J connectivity index is 1.64. The zero-order valence-corrected chi connectivity index (χ0v) is 10.5. The Labute approximate surface area is 99.2 Å². The minimum atomic E-state index is -0.0352. The summed E-state index contributed by atoms with van der Waals surface area (Å²) in [5, 5.41) is 13.2. The fraction of sp³-hybridized carbons (Fsp3) is 1.00. The van der Waals surface area contributed by atoms with Crippen LogP contribution < -0.4 is 5.32 Å². The molecule has 1 unspecified atom stereocenters. The first-order chi connectivity index (χ1) is 7.74. The molecule has 1 aliphatic carbocycles. The second-order valence-corrected chi connectivity index (χ2v) is 5.58. The van der Waals surface area contributed by atoms with Crippen molar-refractivity contribution in [2.24, 2.45) is 0 Å². The summed E-state index contributed by atoms with van der Waals surface area (Å²) in [6.45, 7) is 6.06. The molecule has 0 spiro atoms. The Morgan fingerprint density at radius 3 is 2.44 bits per heavy atom. The van der Waals surface area contributed by atoms with Crippen molar-refractivity contribution in [1.29, 1.82) is 0 Å². The van der Waals surface area contributed by atoms with E-state index in [0.717, 1.165) is 25.7 Å². The number of nitrogens with zero attached hydrogens (tertiary/aromatic N) is 1. The molecule has 94 valence electrons. The number of rotatable bonds is 4. The van der Waals surface area contributed by atoms with Gasteiger partial charge < -0.3 is 15.3 Å². The monoisotopic (exact) mass is 226 g/mol. The number of hydrogen-bond donors (Lipinski definition) is 2. The van der Waals surface area contributed by atoms with Crippen LogP contribution in [0.25, 0.3) is 0 Å². The molecule has 2 aliphatic rings. The van der Waals surface area contributed by atoms with Crippen LogP contribution in [-0.2, 0) is 0 Å². The fourth-order valence-electron chi connectivity index (χ4n) is 3.05. The van der Waals surface area contributed by atoms with E-state index in [-0.39, 0.29) is 6.10 Å². The van der Waals surface area contributed by atoms with Gasteiger partial charge in [0.2, 0.25) is 0 Å². The number of aliphatic hydroxyl groups is 1. The van der Waals surface area contributed by atoms with Gasteiger partial charge in [0, 0.05) is 18.6 Å². The second-order valence-electron chi connectivity index (χ2n) is 5.58. The number of aliphatic hydroxyl groups excluding tert-OH is 1. The summed E-state index contributed by atoms with van der Waals surface area (Å²) in [7, 11) is 0. The predicted molar refractivity (Wildman–Crippen MR) is 66.5 cm³/mol. The summed E-state index contributed by atoms with van der Waals surface area (Å²) in [4.78, 5) is 2.56. The van der Waals surface area contributed by atoms with Gasteiger partial charge in [-0.05, 0) is 58.5 Å². The molecule has 1 saturated heterocycles. The van der Waals surface area contributed by atoms with Crippen LogP contribution in [0.5, 0.6) is 0 Å². The molecule has 0 aromatic carbocycles. The van der Waals surface area contributed by atoms with Crippen LogP contribution in [0.4, 0.5) is 0 Å². The summed E-state index contributed by atoms with van der Waals surface area (Å²) in [6, 6.07) is 1.24. The lowest BCUT2D eigenvalue weighted by Gasteiger charge is -2.30. The van der Waals surface area contributed by atoms with E-state index in [1.165, 1.54) is 32.5 Å². The average molecular weight is 226 g/mol. The maximum atomic E-state index is 9.45. The van der Waals surface area contributed by atoms with E-state index < -0.39 is 0 Å². The van der Waals surface area contributed by atoms with Crippen LogP contribution in [0.1, 0.15) is 45.4 Å². The van der Waals surface area contributed by atoms with Crippen LogP contribution >= 0.6 is 0 Å². The molecule has 3 nitrogen and oxygen atoms in total. The normalized spacial score (nSPS) is 34.1. The maximum Gasteiger partial charge on any atom is 0.0541 e. The van der Waals surface area contributed by atoms with Gasteiger partial charge in [-0.2, -0.15) is 0 Å². The quantitative estimate of drug-likeness (QED) is 0.760. The van der Waals surface area contributed by atoms with Gasteiger partial charge in [-0.3, -0.25) is 0 Å².